The number of nitrogens with one attached hydrogen (secondary N) is 1. The number of hydrogen-bond acceptors (Lipinski definition) is 10. The maximum atomic E-state index is 12.2. The van der Waals surface area contributed by atoms with Gasteiger partial charge in [-0.15, -0.1) is 0 Å². The van der Waals surface area contributed by atoms with E-state index < -0.39 is 29.1 Å². The highest BCUT2D eigenvalue weighted by Crippen LogP contribution is 2.38. The first-order chi connectivity index (χ1) is 16.7. The SMILES string of the molecule is C=CC(=O)NCCOC(CCOc1cc([N+](=O)[O-])c(C(C)OC(=O)C=C)cc1OC)C(=O)OCC. The number of nitro groups is 1. The van der Waals surface area contributed by atoms with Crippen molar-refractivity contribution in [1.82, 2.24) is 5.32 Å². The van der Waals surface area contributed by atoms with E-state index in [0.717, 1.165) is 18.2 Å². The average molecular weight is 494 g/mol. The van der Waals surface area contributed by atoms with Crippen molar-refractivity contribution in [2.45, 2.75) is 32.5 Å². The number of hydrogen-bond donors (Lipinski definition) is 1. The molecule has 1 aromatic carbocycles. The van der Waals surface area contributed by atoms with Crippen LogP contribution in [0.1, 0.15) is 31.9 Å². The van der Waals surface area contributed by atoms with Gasteiger partial charge in [0.1, 0.15) is 6.10 Å². The summed E-state index contributed by atoms with van der Waals surface area (Å²) in [5, 5.41) is 14.1. The van der Waals surface area contributed by atoms with Crippen LogP contribution < -0.4 is 14.8 Å². The minimum Gasteiger partial charge on any atom is -0.493 e. The molecule has 0 heterocycles. The lowest BCUT2D eigenvalue weighted by Crippen LogP contribution is -2.32. The second kappa shape index (κ2) is 15.1. The lowest BCUT2D eigenvalue weighted by molar-refractivity contribution is -0.386. The number of rotatable bonds is 16. The van der Waals surface area contributed by atoms with Crippen molar-refractivity contribution in [3.8, 4) is 11.5 Å². The number of benzene rings is 1. The molecule has 0 fully saturated rings. The summed E-state index contributed by atoms with van der Waals surface area (Å²) >= 11 is 0. The number of nitro benzene ring substituents is 1. The summed E-state index contributed by atoms with van der Waals surface area (Å²) in [6.07, 6.45) is 0.173. The first-order valence-corrected chi connectivity index (χ1v) is 10.7. The van der Waals surface area contributed by atoms with Gasteiger partial charge in [0.15, 0.2) is 17.6 Å². The number of amides is 1. The number of nitrogens with zero attached hydrogens (tertiary/aromatic N) is 1. The van der Waals surface area contributed by atoms with Crippen LogP contribution in [-0.4, -0.2) is 62.3 Å². The minimum atomic E-state index is -0.992. The Morgan fingerprint density at radius 1 is 1.17 bits per heavy atom. The lowest BCUT2D eigenvalue weighted by Gasteiger charge is -2.19. The summed E-state index contributed by atoms with van der Waals surface area (Å²) in [4.78, 5) is 45.9. The normalized spacial score (nSPS) is 12.0. The van der Waals surface area contributed by atoms with Crippen LogP contribution in [-0.2, 0) is 28.6 Å². The van der Waals surface area contributed by atoms with E-state index in [-0.39, 0.29) is 61.4 Å². The molecule has 1 amide bonds. The van der Waals surface area contributed by atoms with E-state index in [4.69, 9.17) is 23.7 Å². The molecule has 0 saturated heterocycles. The van der Waals surface area contributed by atoms with Gasteiger partial charge in [-0.1, -0.05) is 13.2 Å². The fourth-order valence-corrected chi connectivity index (χ4v) is 2.83. The highest BCUT2D eigenvalue weighted by Gasteiger charge is 2.26. The van der Waals surface area contributed by atoms with E-state index in [1.807, 2.05) is 0 Å². The summed E-state index contributed by atoms with van der Waals surface area (Å²) in [6, 6.07) is 2.49. The Hall–Kier alpha value is -3.93. The Kier molecular flexibility index (Phi) is 12.5. The van der Waals surface area contributed by atoms with Crippen molar-refractivity contribution in [1.29, 1.82) is 0 Å². The van der Waals surface area contributed by atoms with Crippen LogP contribution in [0.4, 0.5) is 5.69 Å². The Morgan fingerprint density at radius 3 is 2.46 bits per heavy atom. The second-order valence-corrected chi connectivity index (χ2v) is 6.85. The Bertz CT molecular complexity index is 931. The summed E-state index contributed by atoms with van der Waals surface area (Å²) in [5.74, 6) is -1.52. The van der Waals surface area contributed by atoms with Crippen molar-refractivity contribution in [2.75, 3.05) is 33.5 Å². The first-order valence-electron chi connectivity index (χ1n) is 10.7. The summed E-state index contributed by atoms with van der Waals surface area (Å²) in [7, 11) is 1.35. The first kappa shape index (κ1) is 29.1. The van der Waals surface area contributed by atoms with E-state index in [9.17, 15) is 24.5 Å². The maximum Gasteiger partial charge on any atom is 0.335 e. The van der Waals surface area contributed by atoms with Gasteiger partial charge >= 0.3 is 11.9 Å². The number of carbonyl (C=O) groups excluding carboxylic acids is 3. The third-order valence-electron chi connectivity index (χ3n) is 4.50. The molecule has 0 spiro atoms. The van der Waals surface area contributed by atoms with Gasteiger partial charge in [-0.2, -0.15) is 0 Å². The molecule has 0 aromatic heterocycles. The molecule has 2 unspecified atom stereocenters. The number of esters is 2. The molecule has 0 saturated carbocycles. The zero-order chi connectivity index (χ0) is 26.4. The molecule has 1 N–H and O–H groups in total. The Balaban J connectivity index is 2.96. The van der Waals surface area contributed by atoms with Crippen LogP contribution in [0.5, 0.6) is 11.5 Å². The van der Waals surface area contributed by atoms with Crippen LogP contribution in [0.25, 0.3) is 0 Å². The van der Waals surface area contributed by atoms with Crippen LogP contribution in [0.2, 0.25) is 0 Å². The summed E-state index contributed by atoms with van der Waals surface area (Å²) in [5.41, 5.74) is -0.245. The molecule has 2 atom stereocenters. The summed E-state index contributed by atoms with van der Waals surface area (Å²) in [6.45, 7) is 10.0. The van der Waals surface area contributed by atoms with Gasteiger partial charge in [-0.25, -0.2) is 9.59 Å². The maximum absolute atomic E-state index is 12.2. The molecule has 1 rings (SSSR count). The zero-order valence-corrected chi connectivity index (χ0v) is 19.9. The standard InChI is InChI=1S/C23H30N2O10/c1-6-21(26)24-10-12-34-18(23(28)32-8-3)9-11-33-20-14-17(25(29)30)16(13-19(20)31-5)15(4)35-22(27)7-2/h6-7,13-15,18H,1-2,8-12H2,3-5H3,(H,24,26). The van der Waals surface area contributed by atoms with Gasteiger partial charge in [-0.3, -0.25) is 14.9 Å². The van der Waals surface area contributed by atoms with E-state index in [1.54, 1.807) is 6.92 Å². The minimum absolute atomic E-state index is 0.0356. The molecule has 0 aliphatic heterocycles. The third kappa shape index (κ3) is 9.45. The lowest BCUT2D eigenvalue weighted by atomic mass is 10.1. The van der Waals surface area contributed by atoms with E-state index >= 15 is 0 Å². The van der Waals surface area contributed by atoms with Gasteiger partial charge in [0.25, 0.3) is 5.69 Å². The van der Waals surface area contributed by atoms with Gasteiger partial charge in [-0.05, 0) is 26.0 Å². The van der Waals surface area contributed by atoms with Gasteiger partial charge in [0.2, 0.25) is 5.91 Å². The topological polar surface area (TPSA) is 153 Å². The van der Waals surface area contributed by atoms with Crippen molar-refractivity contribution in [2.24, 2.45) is 0 Å². The number of carbonyl (C=O) groups is 3. The third-order valence-corrected chi connectivity index (χ3v) is 4.50. The van der Waals surface area contributed by atoms with Crippen molar-refractivity contribution >= 4 is 23.5 Å². The number of methoxy groups -OCH3 is 1. The fourth-order valence-electron chi connectivity index (χ4n) is 2.83. The molecule has 192 valence electrons. The quantitative estimate of drug-likeness (QED) is 0.119. The largest absolute Gasteiger partial charge is 0.493 e. The summed E-state index contributed by atoms with van der Waals surface area (Å²) < 4.78 is 26.5. The predicted octanol–water partition coefficient (Wildman–Crippen LogP) is 2.41. The molecule has 0 radical (unpaired) electrons. The Morgan fingerprint density at radius 2 is 1.89 bits per heavy atom. The van der Waals surface area contributed by atoms with Crippen molar-refractivity contribution < 1.29 is 43.0 Å². The monoisotopic (exact) mass is 494 g/mol. The predicted molar refractivity (Wildman–Crippen MR) is 124 cm³/mol. The smallest absolute Gasteiger partial charge is 0.335 e. The van der Waals surface area contributed by atoms with E-state index in [0.29, 0.717) is 0 Å². The van der Waals surface area contributed by atoms with Crippen LogP contribution in [0, 0.1) is 10.1 Å². The van der Waals surface area contributed by atoms with Crippen molar-refractivity contribution in [3.05, 3.63) is 53.1 Å². The van der Waals surface area contributed by atoms with Crippen LogP contribution in [0.15, 0.2) is 37.4 Å². The molecule has 12 nitrogen and oxygen atoms in total. The highest BCUT2D eigenvalue weighted by atomic mass is 16.6. The molecular weight excluding hydrogens is 464 g/mol. The molecular formula is C23H30N2O10. The highest BCUT2D eigenvalue weighted by molar-refractivity contribution is 5.86. The van der Waals surface area contributed by atoms with E-state index in [2.05, 4.69) is 18.5 Å². The van der Waals surface area contributed by atoms with Gasteiger partial charge in [0, 0.05) is 19.0 Å². The van der Waals surface area contributed by atoms with Crippen LogP contribution >= 0.6 is 0 Å². The van der Waals surface area contributed by atoms with Gasteiger partial charge < -0.3 is 29.0 Å². The molecule has 1 aromatic rings. The number of ether oxygens (including phenoxy) is 5. The average Bonchev–Trinajstić information content (AvgIpc) is 2.84. The molecule has 0 bridgehead atoms. The Labute approximate surface area is 203 Å². The molecule has 35 heavy (non-hydrogen) atoms. The van der Waals surface area contributed by atoms with E-state index in [1.165, 1.54) is 20.1 Å². The van der Waals surface area contributed by atoms with Crippen molar-refractivity contribution in [3.63, 3.8) is 0 Å². The second-order valence-electron chi connectivity index (χ2n) is 6.85. The zero-order valence-electron chi connectivity index (χ0n) is 19.9. The van der Waals surface area contributed by atoms with Crippen LogP contribution in [0.3, 0.4) is 0 Å². The van der Waals surface area contributed by atoms with Gasteiger partial charge in [0.05, 0.1) is 43.5 Å². The molecule has 0 aliphatic carbocycles. The molecule has 0 aliphatic rings. The molecule has 12 heteroatoms. The fraction of sp³-hybridized carbons (Fsp3) is 0.435.